The molecule has 0 saturated carbocycles. The highest BCUT2D eigenvalue weighted by Gasteiger charge is 2.19. The molecule has 0 spiro atoms. The summed E-state index contributed by atoms with van der Waals surface area (Å²) in [7, 11) is 2.97. The second-order valence-electron chi connectivity index (χ2n) is 8.26. The molecule has 4 aromatic carbocycles. The lowest BCUT2D eigenvalue weighted by Crippen LogP contribution is -2.12. The maximum atomic E-state index is 13.5. The first-order valence-corrected chi connectivity index (χ1v) is 13.6. The van der Waals surface area contributed by atoms with Gasteiger partial charge in [-0.2, -0.15) is 0 Å². The van der Waals surface area contributed by atoms with E-state index in [-0.39, 0.29) is 11.8 Å². The van der Waals surface area contributed by atoms with Gasteiger partial charge in [-0.3, -0.25) is 18.7 Å². The molecule has 0 saturated heterocycles. The third-order valence-electron chi connectivity index (χ3n) is 6.09. The Morgan fingerprint density at radius 2 is 0.861 bits per heavy atom. The minimum Gasteiger partial charge on any atom is -0.283 e. The first-order chi connectivity index (χ1) is 17.7. The number of aromatic nitrogens is 2. The monoisotopic (exact) mass is 504 g/mol. The van der Waals surface area contributed by atoms with E-state index in [4.69, 9.17) is 0 Å². The fourth-order valence-electron chi connectivity index (χ4n) is 4.30. The lowest BCUT2D eigenvalue weighted by Gasteiger charge is -2.12. The van der Waals surface area contributed by atoms with Crippen LogP contribution in [0, 0.1) is 0 Å². The maximum absolute atomic E-state index is 13.5. The molecule has 174 valence electrons. The van der Waals surface area contributed by atoms with Crippen LogP contribution in [0.2, 0.25) is 0 Å². The fraction of sp³-hybridized carbons (Fsp3) is 0. The lowest BCUT2D eigenvalue weighted by atomic mass is 10.2. The van der Waals surface area contributed by atoms with Gasteiger partial charge in [-0.05, 0) is 48.5 Å². The minimum absolute atomic E-state index is 0.0805. The van der Waals surface area contributed by atoms with E-state index in [9.17, 15) is 9.59 Å². The molecule has 6 heteroatoms. The van der Waals surface area contributed by atoms with Crippen molar-refractivity contribution in [3.63, 3.8) is 0 Å². The minimum atomic E-state index is -0.0805. The lowest BCUT2D eigenvalue weighted by molar-refractivity contribution is 0.0954. The second-order valence-corrected chi connectivity index (χ2v) is 10.5. The number of benzene rings is 4. The summed E-state index contributed by atoms with van der Waals surface area (Å²) in [5.74, 6) is -0.161. The zero-order valence-corrected chi connectivity index (χ0v) is 20.7. The van der Waals surface area contributed by atoms with Gasteiger partial charge in [0.05, 0.1) is 22.2 Å². The molecule has 0 N–H and O–H groups in total. The Balaban J connectivity index is 1.29. The normalized spacial score (nSPS) is 11.2. The number of nitrogens with zero attached hydrogens (tertiary/aromatic N) is 2. The third-order valence-corrected chi connectivity index (χ3v) is 8.57. The second kappa shape index (κ2) is 9.57. The van der Waals surface area contributed by atoms with Gasteiger partial charge < -0.3 is 0 Å². The Hall–Kier alpha value is -4.00. The zero-order valence-electron chi connectivity index (χ0n) is 19.1. The molecule has 6 rings (SSSR count). The van der Waals surface area contributed by atoms with E-state index in [0.717, 1.165) is 31.6 Å². The average Bonchev–Trinajstić information content (AvgIpc) is 3.56. The first-order valence-electron chi connectivity index (χ1n) is 11.4. The van der Waals surface area contributed by atoms with Crippen LogP contribution < -0.4 is 0 Å². The predicted molar refractivity (Wildman–Crippen MR) is 148 cm³/mol. The van der Waals surface area contributed by atoms with Crippen molar-refractivity contribution in [3.05, 3.63) is 133 Å². The SMILES string of the molecule is O=C(c1ccccc1SSc1ccccc1C(=O)n1ccc2ccccc21)n1ccc2ccccc21. The molecule has 2 heterocycles. The molecular weight excluding hydrogens is 484 g/mol. The summed E-state index contributed by atoms with van der Waals surface area (Å²) in [5.41, 5.74) is 3.00. The van der Waals surface area contributed by atoms with Crippen LogP contribution in [0.1, 0.15) is 20.7 Å². The van der Waals surface area contributed by atoms with Crippen LogP contribution in [0.4, 0.5) is 0 Å². The summed E-state index contributed by atoms with van der Waals surface area (Å²) in [6, 6.07) is 34.8. The van der Waals surface area contributed by atoms with Gasteiger partial charge in [0.2, 0.25) is 0 Å². The topological polar surface area (TPSA) is 44.0 Å². The Morgan fingerprint density at radius 1 is 0.472 bits per heavy atom. The van der Waals surface area contributed by atoms with Crippen molar-refractivity contribution in [3.8, 4) is 0 Å². The summed E-state index contributed by atoms with van der Waals surface area (Å²) in [4.78, 5) is 28.7. The quantitative estimate of drug-likeness (QED) is 0.225. The largest absolute Gasteiger partial charge is 0.283 e. The molecule has 0 fully saturated rings. The molecule has 6 aromatic rings. The van der Waals surface area contributed by atoms with E-state index in [1.807, 2.05) is 122 Å². The highest BCUT2D eigenvalue weighted by atomic mass is 33.1. The Labute approximate surface area is 216 Å². The summed E-state index contributed by atoms with van der Waals surface area (Å²) in [6.45, 7) is 0. The van der Waals surface area contributed by atoms with Crippen LogP contribution in [0.15, 0.2) is 131 Å². The van der Waals surface area contributed by atoms with Gasteiger partial charge in [0, 0.05) is 33.0 Å². The molecule has 36 heavy (non-hydrogen) atoms. The highest BCUT2D eigenvalue weighted by molar-refractivity contribution is 8.76. The molecule has 0 unspecified atom stereocenters. The molecule has 0 aliphatic carbocycles. The molecule has 4 nitrogen and oxygen atoms in total. The molecule has 2 aromatic heterocycles. The average molecular weight is 505 g/mol. The predicted octanol–water partition coefficient (Wildman–Crippen LogP) is 7.77. The summed E-state index contributed by atoms with van der Waals surface area (Å²) in [6.07, 6.45) is 3.63. The van der Waals surface area contributed by atoms with Crippen molar-refractivity contribution < 1.29 is 9.59 Å². The van der Waals surface area contributed by atoms with Gasteiger partial charge in [0.25, 0.3) is 11.8 Å². The van der Waals surface area contributed by atoms with Crippen molar-refractivity contribution in [2.45, 2.75) is 9.79 Å². The van der Waals surface area contributed by atoms with Crippen LogP contribution >= 0.6 is 21.6 Å². The van der Waals surface area contributed by atoms with E-state index in [0.29, 0.717) is 11.1 Å². The number of rotatable bonds is 5. The number of hydrogen-bond donors (Lipinski definition) is 0. The number of hydrogen-bond acceptors (Lipinski definition) is 4. The van der Waals surface area contributed by atoms with E-state index in [2.05, 4.69) is 0 Å². The molecule has 0 aliphatic rings. The van der Waals surface area contributed by atoms with Crippen LogP contribution in [0.25, 0.3) is 21.8 Å². The number of carbonyl (C=O) groups excluding carboxylic acids is 2. The van der Waals surface area contributed by atoms with Crippen LogP contribution in [0.5, 0.6) is 0 Å². The van der Waals surface area contributed by atoms with E-state index >= 15 is 0 Å². The van der Waals surface area contributed by atoms with Gasteiger partial charge in [-0.1, -0.05) is 82.3 Å². The van der Waals surface area contributed by atoms with Crippen molar-refractivity contribution >= 4 is 55.2 Å². The Kier molecular flexibility index (Phi) is 5.97. The van der Waals surface area contributed by atoms with Crippen LogP contribution in [-0.2, 0) is 0 Å². The van der Waals surface area contributed by atoms with E-state index in [1.54, 1.807) is 9.13 Å². The number of fused-ring (bicyclic) bond motifs is 2. The van der Waals surface area contributed by atoms with Crippen molar-refractivity contribution in [1.82, 2.24) is 9.13 Å². The zero-order chi connectivity index (χ0) is 24.5. The van der Waals surface area contributed by atoms with Gasteiger partial charge in [0.15, 0.2) is 0 Å². The van der Waals surface area contributed by atoms with E-state index in [1.165, 1.54) is 21.6 Å². The number of carbonyl (C=O) groups is 2. The van der Waals surface area contributed by atoms with Crippen LogP contribution in [-0.4, -0.2) is 20.9 Å². The van der Waals surface area contributed by atoms with Gasteiger partial charge in [0.1, 0.15) is 0 Å². The molecule has 0 radical (unpaired) electrons. The van der Waals surface area contributed by atoms with Gasteiger partial charge in [-0.15, -0.1) is 0 Å². The summed E-state index contributed by atoms with van der Waals surface area (Å²) < 4.78 is 3.38. The third kappa shape index (κ3) is 4.04. The standard InChI is InChI=1S/C30H20N2O2S2/c33-29(31-19-17-21-9-1-5-13-25(21)31)23-11-3-7-15-27(23)35-36-28-16-8-4-12-24(28)30(34)32-20-18-22-10-2-6-14-26(22)32/h1-20H. The molecule has 0 atom stereocenters. The Morgan fingerprint density at radius 3 is 1.33 bits per heavy atom. The highest BCUT2D eigenvalue weighted by Crippen LogP contribution is 2.41. The van der Waals surface area contributed by atoms with Gasteiger partial charge >= 0.3 is 0 Å². The Bertz CT molecular complexity index is 1620. The molecule has 0 bridgehead atoms. The smallest absolute Gasteiger partial charge is 0.263 e. The van der Waals surface area contributed by atoms with Crippen molar-refractivity contribution in [2.24, 2.45) is 0 Å². The van der Waals surface area contributed by atoms with Gasteiger partial charge in [-0.25, -0.2) is 0 Å². The summed E-state index contributed by atoms with van der Waals surface area (Å²) >= 11 is 0. The number of para-hydroxylation sites is 2. The van der Waals surface area contributed by atoms with Crippen molar-refractivity contribution in [1.29, 1.82) is 0 Å². The van der Waals surface area contributed by atoms with Crippen molar-refractivity contribution in [2.75, 3.05) is 0 Å². The first kappa shape index (κ1) is 22.5. The summed E-state index contributed by atoms with van der Waals surface area (Å²) in [5, 5.41) is 2.05. The molecule has 0 amide bonds. The maximum Gasteiger partial charge on any atom is 0.263 e. The van der Waals surface area contributed by atoms with Crippen LogP contribution in [0.3, 0.4) is 0 Å². The molecule has 0 aliphatic heterocycles. The van der Waals surface area contributed by atoms with E-state index < -0.39 is 0 Å². The fourth-order valence-corrected chi connectivity index (χ4v) is 6.65. The molecular formula is C30H20N2O2S2.